The highest BCUT2D eigenvalue weighted by Gasteiger charge is 2.04. The minimum absolute atomic E-state index is 0.0475. The number of nitro benzene ring substituents is 1. The Morgan fingerprint density at radius 2 is 1.89 bits per heavy atom. The summed E-state index contributed by atoms with van der Waals surface area (Å²) in [6.07, 6.45) is 0. The molecule has 0 aliphatic carbocycles. The van der Waals surface area contributed by atoms with Gasteiger partial charge in [0, 0.05) is 17.8 Å². The second-order valence-electron chi connectivity index (χ2n) is 3.78. The van der Waals surface area contributed by atoms with Crippen LogP contribution in [0.4, 0.5) is 11.4 Å². The maximum atomic E-state index is 10.5. The van der Waals surface area contributed by atoms with E-state index in [2.05, 4.69) is 0 Å². The zero-order valence-corrected chi connectivity index (χ0v) is 9.58. The Balaban J connectivity index is 2.00. The highest BCUT2D eigenvalue weighted by molar-refractivity contribution is 5.41. The van der Waals surface area contributed by atoms with Crippen LogP contribution in [0.1, 0.15) is 5.56 Å². The van der Waals surface area contributed by atoms with Crippen LogP contribution >= 0.6 is 0 Å². The van der Waals surface area contributed by atoms with Crippen molar-refractivity contribution in [1.82, 2.24) is 0 Å². The number of nitrogen functional groups attached to an aromatic ring is 1. The molecule has 0 aliphatic rings. The van der Waals surface area contributed by atoms with Gasteiger partial charge in [-0.05, 0) is 29.8 Å². The van der Waals surface area contributed by atoms with E-state index in [4.69, 9.17) is 10.5 Å². The number of benzene rings is 2. The van der Waals surface area contributed by atoms with E-state index in [0.717, 1.165) is 5.56 Å². The Hall–Kier alpha value is -2.56. The van der Waals surface area contributed by atoms with Crippen molar-refractivity contribution in [1.29, 1.82) is 0 Å². The highest BCUT2D eigenvalue weighted by atomic mass is 16.6. The van der Waals surface area contributed by atoms with E-state index in [1.165, 1.54) is 12.1 Å². The molecule has 2 N–H and O–H groups in total. The molecule has 0 fully saturated rings. The molecule has 2 aromatic carbocycles. The molecule has 18 heavy (non-hydrogen) atoms. The number of ether oxygens (including phenoxy) is 1. The monoisotopic (exact) mass is 244 g/mol. The van der Waals surface area contributed by atoms with Gasteiger partial charge in [0.2, 0.25) is 0 Å². The molecule has 5 heteroatoms. The summed E-state index contributed by atoms with van der Waals surface area (Å²) >= 11 is 0. The summed E-state index contributed by atoms with van der Waals surface area (Å²) in [7, 11) is 0. The molecule has 5 nitrogen and oxygen atoms in total. The summed E-state index contributed by atoms with van der Waals surface area (Å²) in [5.74, 6) is 0.586. The van der Waals surface area contributed by atoms with Crippen molar-refractivity contribution in [3.63, 3.8) is 0 Å². The van der Waals surface area contributed by atoms with Crippen LogP contribution in [-0.2, 0) is 6.61 Å². The van der Waals surface area contributed by atoms with Crippen molar-refractivity contribution in [3.8, 4) is 5.75 Å². The van der Waals surface area contributed by atoms with Crippen LogP contribution in [0.25, 0.3) is 0 Å². The number of nitrogens with two attached hydrogens (primary N) is 1. The minimum atomic E-state index is -0.443. The van der Waals surface area contributed by atoms with Crippen molar-refractivity contribution in [3.05, 3.63) is 64.2 Å². The molecule has 0 heterocycles. The van der Waals surface area contributed by atoms with Crippen molar-refractivity contribution in [2.45, 2.75) is 6.61 Å². The Bertz CT molecular complexity index is 552. The van der Waals surface area contributed by atoms with Gasteiger partial charge in [0.25, 0.3) is 5.69 Å². The molecule has 2 aromatic rings. The van der Waals surface area contributed by atoms with Crippen LogP contribution in [0.15, 0.2) is 48.5 Å². The predicted molar refractivity (Wildman–Crippen MR) is 68.3 cm³/mol. The fourth-order valence-corrected chi connectivity index (χ4v) is 1.51. The standard InChI is InChI=1S/C13H12N2O3/c14-11-3-1-2-10(8-11)9-18-13-6-4-12(5-7-13)15(16)17/h1-8H,9,14H2. The molecule has 92 valence electrons. The van der Waals surface area contributed by atoms with E-state index in [9.17, 15) is 10.1 Å². The number of rotatable bonds is 4. The van der Waals surface area contributed by atoms with Crippen LogP contribution in [0.3, 0.4) is 0 Å². The van der Waals surface area contributed by atoms with Crippen molar-refractivity contribution >= 4 is 11.4 Å². The summed E-state index contributed by atoms with van der Waals surface area (Å²) < 4.78 is 5.50. The fraction of sp³-hybridized carbons (Fsp3) is 0.0769. The molecular formula is C13H12N2O3. The summed E-state index contributed by atoms with van der Waals surface area (Å²) in [6.45, 7) is 0.378. The number of nitro groups is 1. The lowest BCUT2D eigenvalue weighted by Gasteiger charge is -2.06. The second-order valence-corrected chi connectivity index (χ2v) is 3.78. The Labute approximate surface area is 104 Å². The number of nitrogens with zero attached hydrogens (tertiary/aromatic N) is 1. The topological polar surface area (TPSA) is 78.4 Å². The van der Waals surface area contributed by atoms with Crippen molar-refractivity contribution < 1.29 is 9.66 Å². The van der Waals surface area contributed by atoms with Crippen LogP contribution in [0.5, 0.6) is 5.75 Å². The van der Waals surface area contributed by atoms with E-state index < -0.39 is 4.92 Å². The van der Waals surface area contributed by atoms with E-state index in [1.807, 2.05) is 18.2 Å². The molecule has 0 aliphatic heterocycles. The Morgan fingerprint density at radius 1 is 1.17 bits per heavy atom. The zero-order chi connectivity index (χ0) is 13.0. The van der Waals surface area contributed by atoms with Gasteiger partial charge in [0.05, 0.1) is 4.92 Å². The van der Waals surface area contributed by atoms with Gasteiger partial charge >= 0.3 is 0 Å². The quantitative estimate of drug-likeness (QED) is 0.509. The summed E-state index contributed by atoms with van der Waals surface area (Å²) in [5, 5.41) is 10.5. The van der Waals surface area contributed by atoms with Crippen LogP contribution in [0.2, 0.25) is 0 Å². The van der Waals surface area contributed by atoms with E-state index in [-0.39, 0.29) is 5.69 Å². The predicted octanol–water partition coefficient (Wildman–Crippen LogP) is 2.76. The SMILES string of the molecule is Nc1cccc(COc2ccc([N+](=O)[O-])cc2)c1. The summed E-state index contributed by atoms with van der Waals surface area (Å²) in [6, 6.07) is 13.4. The van der Waals surface area contributed by atoms with E-state index in [1.54, 1.807) is 18.2 Å². The maximum Gasteiger partial charge on any atom is 0.269 e. The van der Waals surface area contributed by atoms with Gasteiger partial charge in [-0.25, -0.2) is 0 Å². The average Bonchev–Trinajstić information content (AvgIpc) is 2.37. The zero-order valence-electron chi connectivity index (χ0n) is 9.58. The first-order valence-corrected chi connectivity index (χ1v) is 5.37. The van der Waals surface area contributed by atoms with Crippen molar-refractivity contribution in [2.24, 2.45) is 0 Å². The molecule has 0 radical (unpaired) electrons. The molecule has 0 unspecified atom stereocenters. The first-order valence-electron chi connectivity index (χ1n) is 5.37. The third kappa shape index (κ3) is 2.98. The lowest BCUT2D eigenvalue weighted by atomic mass is 10.2. The molecule has 0 bridgehead atoms. The van der Waals surface area contributed by atoms with E-state index >= 15 is 0 Å². The number of anilines is 1. The largest absolute Gasteiger partial charge is 0.489 e. The minimum Gasteiger partial charge on any atom is -0.489 e. The lowest BCUT2D eigenvalue weighted by molar-refractivity contribution is -0.384. The Morgan fingerprint density at radius 3 is 2.50 bits per heavy atom. The third-order valence-electron chi connectivity index (χ3n) is 2.40. The van der Waals surface area contributed by atoms with Crippen LogP contribution < -0.4 is 10.5 Å². The summed E-state index contributed by atoms with van der Waals surface area (Å²) in [5.41, 5.74) is 7.33. The number of hydrogen-bond donors (Lipinski definition) is 1. The van der Waals surface area contributed by atoms with Gasteiger partial charge in [-0.3, -0.25) is 10.1 Å². The highest BCUT2D eigenvalue weighted by Crippen LogP contribution is 2.18. The van der Waals surface area contributed by atoms with Crippen molar-refractivity contribution in [2.75, 3.05) is 5.73 Å². The summed E-state index contributed by atoms with van der Waals surface area (Å²) in [4.78, 5) is 10.0. The molecular weight excluding hydrogens is 232 g/mol. The van der Waals surface area contributed by atoms with Gasteiger partial charge in [-0.1, -0.05) is 12.1 Å². The molecule has 0 saturated heterocycles. The van der Waals surface area contributed by atoms with Gasteiger partial charge in [0.15, 0.2) is 0 Å². The number of hydrogen-bond acceptors (Lipinski definition) is 4. The molecule has 0 spiro atoms. The van der Waals surface area contributed by atoms with Crippen LogP contribution in [0, 0.1) is 10.1 Å². The first-order chi connectivity index (χ1) is 8.65. The molecule has 0 saturated carbocycles. The van der Waals surface area contributed by atoms with Crippen LogP contribution in [-0.4, -0.2) is 4.92 Å². The van der Waals surface area contributed by atoms with Gasteiger partial charge < -0.3 is 10.5 Å². The second kappa shape index (κ2) is 5.18. The maximum absolute atomic E-state index is 10.5. The first kappa shape index (κ1) is 11.9. The molecule has 2 rings (SSSR count). The average molecular weight is 244 g/mol. The normalized spacial score (nSPS) is 10.0. The number of non-ortho nitro benzene ring substituents is 1. The van der Waals surface area contributed by atoms with Gasteiger partial charge in [0.1, 0.15) is 12.4 Å². The Kier molecular flexibility index (Phi) is 3.43. The lowest BCUT2D eigenvalue weighted by Crippen LogP contribution is -1.96. The molecule has 0 atom stereocenters. The fourth-order valence-electron chi connectivity index (χ4n) is 1.51. The van der Waals surface area contributed by atoms with Gasteiger partial charge in [-0.2, -0.15) is 0 Å². The molecule has 0 amide bonds. The van der Waals surface area contributed by atoms with Gasteiger partial charge in [-0.15, -0.1) is 0 Å². The smallest absolute Gasteiger partial charge is 0.269 e. The molecule has 0 aromatic heterocycles. The third-order valence-corrected chi connectivity index (χ3v) is 2.40. The van der Waals surface area contributed by atoms with E-state index in [0.29, 0.717) is 18.0 Å².